The number of nitrogens with zero attached hydrogens (tertiary/aromatic N) is 1. The second kappa shape index (κ2) is 6.13. The third-order valence-electron chi connectivity index (χ3n) is 4.06. The first kappa shape index (κ1) is 15.0. The predicted molar refractivity (Wildman–Crippen MR) is 101 cm³/mol. The van der Waals surface area contributed by atoms with E-state index in [1.54, 1.807) is 7.11 Å². The molecule has 0 saturated carbocycles. The maximum atomic E-state index is 5.28. The zero-order valence-corrected chi connectivity index (χ0v) is 14.7. The molecule has 0 radical (unpaired) electrons. The molecule has 0 spiro atoms. The Hall–Kier alpha value is -2.59. The van der Waals surface area contributed by atoms with Gasteiger partial charge in [-0.05, 0) is 45.3 Å². The zero-order valence-electron chi connectivity index (χ0n) is 13.1. The van der Waals surface area contributed by atoms with Gasteiger partial charge in [-0.3, -0.25) is 0 Å². The Labute approximate surface area is 148 Å². The average Bonchev–Trinajstić information content (AvgIpc) is 3.01. The number of benzene rings is 2. The van der Waals surface area contributed by atoms with Gasteiger partial charge >= 0.3 is 0 Å². The highest BCUT2D eigenvalue weighted by molar-refractivity contribution is 9.10. The van der Waals surface area contributed by atoms with Crippen molar-refractivity contribution < 1.29 is 4.74 Å². The molecule has 3 nitrogen and oxygen atoms in total. The van der Waals surface area contributed by atoms with Gasteiger partial charge < -0.3 is 9.72 Å². The molecule has 2 aromatic heterocycles. The van der Waals surface area contributed by atoms with Crippen molar-refractivity contribution in [1.29, 1.82) is 0 Å². The highest BCUT2D eigenvalue weighted by Crippen LogP contribution is 2.38. The van der Waals surface area contributed by atoms with Crippen LogP contribution in [0.2, 0.25) is 0 Å². The Bertz CT molecular complexity index is 992. The molecule has 2 heterocycles. The Morgan fingerprint density at radius 2 is 1.71 bits per heavy atom. The fraction of sp³-hybridized carbons (Fsp3) is 0.0500. The highest BCUT2D eigenvalue weighted by Gasteiger charge is 2.16. The number of fused-ring (bicyclic) bond motifs is 1. The second-order valence-electron chi connectivity index (χ2n) is 5.52. The maximum absolute atomic E-state index is 5.28. The van der Waals surface area contributed by atoms with Gasteiger partial charge in [0, 0.05) is 21.6 Å². The Balaban J connectivity index is 2.01. The van der Waals surface area contributed by atoms with Crippen LogP contribution >= 0.6 is 15.9 Å². The number of halogens is 1. The summed E-state index contributed by atoms with van der Waals surface area (Å²) in [7, 11) is 1.68. The van der Waals surface area contributed by atoms with Crippen LogP contribution in [-0.4, -0.2) is 17.1 Å². The van der Waals surface area contributed by atoms with Crippen molar-refractivity contribution in [1.82, 2.24) is 9.97 Å². The fourth-order valence-corrected chi connectivity index (χ4v) is 3.26. The van der Waals surface area contributed by atoms with Crippen LogP contribution in [0.25, 0.3) is 33.4 Å². The second-order valence-corrected chi connectivity index (χ2v) is 6.43. The first-order valence-corrected chi connectivity index (χ1v) is 8.42. The topological polar surface area (TPSA) is 37.9 Å². The molecule has 0 aliphatic heterocycles. The molecule has 0 unspecified atom stereocenters. The molecule has 4 heteroatoms. The molecule has 2 aromatic carbocycles. The van der Waals surface area contributed by atoms with Crippen molar-refractivity contribution >= 4 is 27.0 Å². The number of rotatable bonds is 3. The van der Waals surface area contributed by atoms with Crippen molar-refractivity contribution in [3.8, 4) is 28.1 Å². The van der Waals surface area contributed by atoms with Gasteiger partial charge in [0.05, 0.1) is 12.8 Å². The molecule has 0 aliphatic carbocycles. The van der Waals surface area contributed by atoms with E-state index in [-0.39, 0.29) is 0 Å². The van der Waals surface area contributed by atoms with Gasteiger partial charge in [0.15, 0.2) is 0 Å². The van der Waals surface area contributed by atoms with E-state index in [2.05, 4.69) is 56.2 Å². The molecule has 4 rings (SSSR count). The molecule has 0 fully saturated rings. The van der Waals surface area contributed by atoms with Gasteiger partial charge in [0.25, 0.3) is 0 Å². The first-order chi connectivity index (χ1) is 11.8. The van der Waals surface area contributed by atoms with Gasteiger partial charge in [-0.2, -0.15) is 0 Å². The van der Waals surface area contributed by atoms with Gasteiger partial charge in [-0.1, -0.05) is 42.5 Å². The summed E-state index contributed by atoms with van der Waals surface area (Å²) in [6, 6.07) is 20.5. The van der Waals surface area contributed by atoms with Crippen LogP contribution in [-0.2, 0) is 0 Å². The third-order valence-corrected chi connectivity index (χ3v) is 4.49. The van der Waals surface area contributed by atoms with Crippen LogP contribution in [0, 0.1) is 0 Å². The van der Waals surface area contributed by atoms with Crippen molar-refractivity contribution in [3.63, 3.8) is 0 Å². The van der Waals surface area contributed by atoms with Crippen LogP contribution in [0.5, 0.6) is 5.75 Å². The molecule has 0 amide bonds. The molecule has 4 aromatic rings. The number of nitrogens with one attached hydrogen (secondary N) is 1. The number of ether oxygens (including phenoxy) is 1. The lowest BCUT2D eigenvalue weighted by Crippen LogP contribution is -1.85. The Morgan fingerprint density at radius 1 is 0.958 bits per heavy atom. The van der Waals surface area contributed by atoms with Crippen LogP contribution in [0.1, 0.15) is 0 Å². The molecule has 0 saturated heterocycles. The number of hydrogen-bond acceptors (Lipinski definition) is 2. The summed E-state index contributed by atoms with van der Waals surface area (Å²) in [6.45, 7) is 0. The number of hydrogen-bond donors (Lipinski definition) is 1. The van der Waals surface area contributed by atoms with Gasteiger partial charge in [-0.15, -0.1) is 0 Å². The van der Waals surface area contributed by atoms with Crippen LogP contribution in [0.3, 0.4) is 0 Å². The van der Waals surface area contributed by atoms with E-state index in [0.29, 0.717) is 0 Å². The Kier molecular flexibility index (Phi) is 3.82. The minimum atomic E-state index is 0.846. The lowest BCUT2D eigenvalue weighted by Gasteiger charge is -2.07. The molecule has 0 bridgehead atoms. The van der Waals surface area contributed by atoms with Crippen LogP contribution in [0.4, 0.5) is 0 Å². The molecular weight excluding hydrogens is 364 g/mol. The van der Waals surface area contributed by atoms with Crippen molar-refractivity contribution in [2.24, 2.45) is 0 Å². The molecule has 24 heavy (non-hydrogen) atoms. The lowest BCUT2D eigenvalue weighted by molar-refractivity contribution is 0.415. The molecular formula is C20H15BrN2O. The predicted octanol–water partition coefficient (Wildman–Crippen LogP) is 5.67. The summed E-state index contributed by atoms with van der Waals surface area (Å²) < 4.78 is 6.24. The average molecular weight is 379 g/mol. The SMILES string of the molecule is COc1ccc(-c2c(-c3ccccc3)[nH]c3ncc(Br)cc23)cc1. The molecule has 0 aliphatic rings. The van der Waals surface area contributed by atoms with Crippen molar-refractivity contribution in [3.05, 3.63) is 71.3 Å². The van der Waals surface area contributed by atoms with Gasteiger partial charge in [-0.25, -0.2) is 4.98 Å². The van der Waals surface area contributed by atoms with E-state index < -0.39 is 0 Å². The number of aromatic amines is 1. The molecule has 0 atom stereocenters. The first-order valence-electron chi connectivity index (χ1n) is 7.63. The fourth-order valence-electron chi connectivity index (χ4n) is 2.92. The monoisotopic (exact) mass is 378 g/mol. The lowest BCUT2D eigenvalue weighted by atomic mass is 9.99. The minimum Gasteiger partial charge on any atom is -0.497 e. The van der Waals surface area contributed by atoms with E-state index in [0.717, 1.165) is 43.6 Å². The number of H-pyrrole nitrogens is 1. The smallest absolute Gasteiger partial charge is 0.138 e. The Morgan fingerprint density at radius 3 is 2.42 bits per heavy atom. The quantitative estimate of drug-likeness (QED) is 0.498. The summed E-state index contributed by atoms with van der Waals surface area (Å²) in [5.41, 5.74) is 5.36. The number of aromatic nitrogens is 2. The highest BCUT2D eigenvalue weighted by atomic mass is 79.9. The minimum absolute atomic E-state index is 0.846. The van der Waals surface area contributed by atoms with Gasteiger partial charge in [0.2, 0.25) is 0 Å². The largest absolute Gasteiger partial charge is 0.497 e. The van der Waals surface area contributed by atoms with E-state index in [4.69, 9.17) is 4.74 Å². The number of methoxy groups -OCH3 is 1. The van der Waals surface area contributed by atoms with E-state index >= 15 is 0 Å². The molecule has 1 N–H and O–H groups in total. The van der Waals surface area contributed by atoms with E-state index in [1.165, 1.54) is 0 Å². The van der Waals surface area contributed by atoms with Crippen LogP contribution in [0.15, 0.2) is 71.3 Å². The van der Waals surface area contributed by atoms with Crippen molar-refractivity contribution in [2.75, 3.05) is 7.11 Å². The number of pyridine rings is 1. The summed E-state index contributed by atoms with van der Waals surface area (Å²) >= 11 is 3.53. The van der Waals surface area contributed by atoms with Crippen LogP contribution < -0.4 is 4.74 Å². The van der Waals surface area contributed by atoms with Gasteiger partial charge in [0.1, 0.15) is 11.4 Å². The third kappa shape index (κ3) is 2.59. The summed E-state index contributed by atoms with van der Waals surface area (Å²) in [4.78, 5) is 7.99. The summed E-state index contributed by atoms with van der Waals surface area (Å²) in [6.07, 6.45) is 1.81. The van der Waals surface area contributed by atoms with E-state index in [9.17, 15) is 0 Å². The normalized spacial score (nSPS) is 10.9. The van der Waals surface area contributed by atoms with Crippen molar-refractivity contribution in [2.45, 2.75) is 0 Å². The van der Waals surface area contributed by atoms with E-state index in [1.807, 2.05) is 36.5 Å². The maximum Gasteiger partial charge on any atom is 0.138 e. The zero-order chi connectivity index (χ0) is 16.5. The standard InChI is InChI=1S/C20H15BrN2O/c1-24-16-9-7-13(8-10-16)18-17-11-15(21)12-22-20(17)23-19(18)14-5-3-2-4-6-14/h2-12H,1H3,(H,22,23). The summed E-state index contributed by atoms with van der Waals surface area (Å²) in [5, 5.41) is 1.09. The molecule has 118 valence electrons. The summed E-state index contributed by atoms with van der Waals surface area (Å²) in [5.74, 6) is 0.846.